The lowest BCUT2D eigenvalue weighted by Crippen LogP contribution is -1.81. The Morgan fingerprint density at radius 2 is 2.40 bits per heavy atom. The van der Waals surface area contributed by atoms with Crippen LogP contribution in [0.3, 0.4) is 0 Å². The van der Waals surface area contributed by atoms with Crippen molar-refractivity contribution in [3.05, 3.63) is 29.7 Å². The summed E-state index contributed by atoms with van der Waals surface area (Å²) in [4.78, 5) is 4.29. The summed E-state index contributed by atoms with van der Waals surface area (Å²) in [7, 11) is 0. The smallest absolute Gasteiger partial charge is 0.192 e. The highest BCUT2D eigenvalue weighted by atomic mass is 16.3. The standard InChI is InChI=1S/C12H10N2O/c1-7-14-11-5-8(2-3-12(11)15-7)10-4-9(10)6-13/h2-3,5,9-10H,4H2,1H3. The van der Waals surface area contributed by atoms with Gasteiger partial charge >= 0.3 is 0 Å². The fourth-order valence-corrected chi connectivity index (χ4v) is 2.00. The van der Waals surface area contributed by atoms with E-state index in [1.807, 2.05) is 25.1 Å². The fourth-order valence-electron chi connectivity index (χ4n) is 2.00. The van der Waals surface area contributed by atoms with Crippen LogP contribution in [-0.2, 0) is 0 Å². The largest absolute Gasteiger partial charge is 0.441 e. The van der Waals surface area contributed by atoms with E-state index in [1.54, 1.807) is 0 Å². The average molecular weight is 198 g/mol. The summed E-state index contributed by atoms with van der Waals surface area (Å²) in [5.41, 5.74) is 2.93. The molecular weight excluding hydrogens is 188 g/mol. The van der Waals surface area contributed by atoms with Gasteiger partial charge in [-0.15, -0.1) is 0 Å². The van der Waals surface area contributed by atoms with Crippen LogP contribution in [-0.4, -0.2) is 4.98 Å². The van der Waals surface area contributed by atoms with Crippen LogP contribution >= 0.6 is 0 Å². The van der Waals surface area contributed by atoms with Crippen LogP contribution in [0, 0.1) is 24.2 Å². The Kier molecular flexibility index (Phi) is 1.60. The average Bonchev–Trinajstić information content (AvgIpc) is 2.92. The quantitative estimate of drug-likeness (QED) is 0.707. The lowest BCUT2D eigenvalue weighted by molar-refractivity contribution is 0.561. The van der Waals surface area contributed by atoms with Gasteiger partial charge < -0.3 is 4.42 Å². The van der Waals surface area contributed by atoms with Gasteiger partial charge in [-0.25, -0.2) is 4.98 Å². The molecule has 3 heteroatoms. The third-order valence-corrected chi connectivity index (χ3v) is 2.90. The Morgan fingerprint density at radius 1 is 1.53 bits per heavy atom. The molecule has 1 aliphatic carbocycles. The van der Waals surface area contributed by atoms with Crippen LogP contribution in [0.4, 0.5) is 0 Å². The van der Waals surface area contributed by atoms with Gasteiger partial charge in [-0.05, 0) is 24.1 Å². The zero-order valence-electron chi connectivity index (χ0n) is 8.40. The molecular formula is C12H10N2O. The highest BCUT2D eigenvalue weighted by molar-refractivity contribution is 5.73. The van der Waals surface area contributed by atoms with E-state index in [2.05, 4.69) is 11.1 Å². The summed E-state index contributed by atoms with van der Waals surface area (Å²) in [5.74, 6) is 1.31. The third kappa shape index (κ3) is 1.30. The summed E-state index contributed by atoms with van der Waals surface area (Å²) < 4.78 is 5.40. The van der Waals surface area contributed by atoms with Gasteiger partial charge in [-0.1, -0.05) is 6.07 Å². The lowest BCUT2D eigenvalue weighted by Gasteiger charge is -1.95. The topological polar surface area (TPSA) is 49.8 Å². The molecule has 1 aliphatic rings. The molecule has 1 heterocycles. The molecule has 2 unspecified atom stereocenters. The molecule has 15 heavy (non-hydrogen) atoms. The molecule has 1 fully saturated rings. The van der Waals surface area contributed by atoms with E-state index in [1.165, 1.54) is 5.56 Å². The van der Waals surface area contributed by atoms with Crippen LogP contribution < -0.4 is 0 Å². The molecule has 0 saturated heterocycles. The molecule has 1 aromatic carbocycles. The van der Waals surface area contributed by atoms with Gasteiger partial charge in [0.05, 0.1) is 12.0 Å². The molecule has 2 aromatic rings. The van der Waals surface area contributed by atoms with Crippen molar-refractivity contribution in [1.29, 1.82) is 5.26 Å². The number of nitrogens with zero attached hydrogens (tertiary/aromatic N) is 2. The van der Waals surface area contributed by atoms with Gasteiger partial charge in [0.1, 0.15) is 5.52 Å². The summed E-state index contributed by atoms with van der Waals surface area (Å²) in [6.45, 7) is 1.84. The molecule has 3 nitrogen and oxygen atoms in total. The maximum Gasteiger partial charge on any atom is 0.192 e. The van der Waals surface area contributed by atoms with Gasteiger partial charge in [-0.2, -0.15) is 5.26 Å². The zero-order valence-corrected chi connectivity index (χ0v) is 8.40. The predicted octanol–water partition coefficient (Wildman–Crippen LogP) is 2.76. The van der Waals surface area contributed by atoms with Crippen molar-refractivity contribution in [3.8, 4) is 6.07 Å². The zero-order chi connectivity index (χ0) is 10.4. The van der Waals surface area contributed by atoms with Crippen molar-refractivity contribution < 1.29 is 4.42 Å². The summed E-state index contributed by atoms with van der Waals surface area (Å²) in [5, 5.41) is 8.77. The molecule has 0 amide bonds. The number of rotatable bonds is 1. The van der Waals surface area contributed by atoms with E-state index >= 15 is 0 Å². The maximum atomic E-state index is 8.77. The first-order valence-corrected chi connectivity index (χ1v) is 5.04. The van der Waals surface area contributed by atoms with Crippen molar-refractivity contribution in [3.63, 3.8) is 0 Å². The predicted molar refractivity (Wildman–Crippen MR) is 55.2 cm³/mol. The summed E-state index contributed by atoms with van der Waals surface area (Å²) in [6, 6.07) is 8.31. The Morgan fingerprint density at radius 3 is 3.13 bits per heavy atom. The van der Waals surface area contributed by atoms with E-state index in [0.717, 1.165) is 17.5 Å². The Labute approximate surface area is 87.3 Å². The molecule has 0 bridgehead atoms. The minimum Gasteiger partial charge on any atom is -0.441 e. The first-order chi connectivity index (χ1) is 7.28. The van der Waals surface area contributed by atoms with Crippen molar-refractivity contribution >= 4 is 11.1 Å². The Bertz CT molecular complexity index is 564. The Balaban J connectivity index is 2.04. The SMILES string of the molecule is Cc1nc2cc(C3CC3C#N)ccc2o1. The molecule has 0 aliphatic heterocycles. The number of aryl methyl sites for hydroxylation is 1. The first-order valence-electron chi connectivity index (χ1n) is 5.04. The van der Waals surface area contributed by atoms with Crippen LogP contribution in [0.2, 0.25) is 0 Å². The number of hydrogen-bond acceptors (Lipinski definition) is 3. The van der Waals surface area contributed by atoms with E-state index < -0.39 is 0 Å². The van der Waals surface area contributed by atoms with Crippen LogP contribution in [0.5, 0.6) is 0 Å². The minimum atomic E-state index is 0.204. The summed E-state index contributed by atoms with van der Waals surface area (Å²) in [6.07, 6.45) is 0.985. The van der Waals surface area contributed by atoms with E-state index in [4.69, 9.17) is 9.68 Å². The molecule has 0 spiro atoms. The second-order valence-electron chi connectivity index (χ2n) is 4.04. The molecule has 3 rings (SSSR count). The number of benzene rings is 1. The van der Waals surface area contributed by atoms with E-state index in [-0.39, 0.29) is 5.92 Å². The monoisotopic (exact) mass is 198 g/mol. The molecule has 1 saturated carbocycles. The second-order valence-corrected chi connectivity index (χ2v) is 4.04. The highest BCUT2D eigenvalue weighted by Gasteiger charge is 2.38. The molecule has 0 N–H and O–H groups in total. The molecule has 1 aromatic heterocycles. The first kappa shape index (κ1) is 8.49. The van der Waals surface area contributed by atoms with Crippen molar-refractivity contribution in [2.45, 2.75) is 19.3 Å². The van der Waals surface area contributed by atoms with Crippen LogP contribution in [0.1, 0.15) is 23.8 Å². The number of oxazole rings is 1. The van der Waals surface area contributed by atoms with Gasteiger partial charge in [0.2, 0.25) is 0 Å². The minimum absolute atomic E-state index is 0.204. The number of hydrogen-bond donors (Lipinski definition) is 0. The van der Waals surface area contributed by atoms with Crippen molar-refractivity contribution in [2.75, 3.05) is 0 Å². The van der Waals surface area contributed by atoms with E-state index in [9.17, 15) is 0 Å². The van der Waals surface area contributed by atoms with E-state index in [0.29, 0.717) is 11.8 Å². The molecule has 0 radical (unpaired) electrons. The second kappa shape index (κ2) is 2.83. The maximum absolute atomic E-state index is 8.77. The van der Waals surface area contributed by atoms with Gasteiger partial charge in [0.15, 0.2) is 11.5 Å². The Hall–Kier alpha value is -1.82. The van der Waals surface area contributed by atoms with Gasteiger partial charge in [0.25, 0.3) is 0 Å². The number of nitriles is 1. The van der Waals surface area contributed by atoms with Crippen molar-refractivity contribution in [1.82, 2.24) is 4.98 Å². The summed E-state index contributed by atoms with van der Waals surface area (Å²) >= 11 is 0. The van der Waals surface area contributed by atoms with Crippen molar-refractivity contribution in [2.24, 2.45) is 5.92 Å². The van der Waals surface area contributed by atoms with Gasteiger partial charge in [-0.3, -0.25) is 0 Å². The highest BCUT2D eigenvalue weighted by Crippen LogP contribution is 2.47. The van der Waals surface area contributed by atoms with Gasteiger partial charge in [0, 0.05) is 12.8 Å². The fraction of sp³-hybridized carbons (Fsp3) is 0.333. The number of fused-ring (bicyclic) bond motifs is 1. The molecule has 2 atom stereocenters. The van der Waals surface area contributed by atoms with Crippen LogP contribution in [0.15, 0.2) is 22.6 Å². The third-order valence-electron chi connectivity index (χ3n) is 2.90. The molecule has 74 valence electrons. The number of aromatic nitrogens is 1. The normalized spacial score (nSPS) is 24.0. The lowest BCUT2D eigenvalue weighted by atomic mass is 10.1. The van der Waals surface area contributed by atoms with Crippen LogP contribution in [0.25, 0.3) is 11.1 Å².